The minimum Gasteiger partial charge on any atom is -0.480 e. The highest BCUT2D eigenvalue weighted by Gasteiger charge is 2.52. The van der Waals surface area contributed by atoms with Crippen molar-refractivity contribution in [2.45, 2.75) is 38.9 Å². The van der Waals surface area contributed by atoms with Crippen LogP contribution < -0.4 is 10.1 Å². The molecule has 0 aliphatic carbocycles. The van der Waals surface area contributed by atoms with E-state index in [-0.39, 0.29) is 11.2 Å². The fourth-order valence-electron chi connectivity index (χ4n) is 2.11. The first-order valence-electron chi connectivity index (χ1n) is 7.37. The maximum atomic E-state index is 6.09. The van der Waals surface area contributed by atoms with Gasteiger partial charge in [-0.3, -0.25) is 0 Å². The summed E-state index contributed by atoms with van der Waals surface area (Å²) in [6.45, 7) is 8.80. The van der Waals surface area contributed by atoms with E-state index in [1.165, 1.54) is 0 Å². The summed E-state index contributed by atoms with van der Waals surface area (Å²) >= 11 is 0. The van der Waals surface area contributed by atoms with Crippen LogP contribution in [0, 0.1) is 0 Å². The average Bonchev–Trinajstić information content (AvgIpc) is 2.68. The van der Waals surface area contributed by atoms with Crippen molar-refractivity contribution < 1.29 is 14.0 Å². The smallest absolute Gasteiger partial charge is 0.480 e. The molecule has 0 saturated carbocycles. The first kappa shape index (κ1) is 16.9. The molecule has 6 nitrogen and oxygen atoms in total. The van der Waals surface area contributed by atoms with E-state index in [0.29, 0.717) is 12.4 Å². The van der Waals surface area contributed by atoms with Gasteiger partial charge in [-0.15, -0.1) is 10.2 Å². The maximum absolute atomic E-state index is 6.09. The van der Waals surface area contributed by atoms with Gasteiger partial charge in [-0.05, 0) is 52.4 Å². The van der Waals surface area contributed by atoms with Crippen LogP contribution in [0.5, 0.6) is 5.88 Å². The molecule has 120 valence electrons. The summed E-state index contributed by atoms with van der Waals surface area (Å²) in [5.41, 5.74) is 0.980. The second kappa shape index (κ2) is 6.36. The van der Waals surface area contributed by atoms with Crippen LogP contribution in [0.2, 0.25) is 0 Å². The van der Waals surface area contributed by atoms with Crippen LogP contribution in [0.15, 0.2) is 17.6 Å². The number of ether oxygens (including phenoxy) is 1. The molecule has 7 heteroatoms. The highest BCUT2D eigenvalue weighted by Crippen LogP contribution is 2.38. The molecule has 1 N–H and O–H groups in total. The molecule has 0 bridgehead atoms. The van der Waals surface area contributed by atoms with Crippen molar-refractivity contribution in [2.24, 2.45) is 0 Å². The Balaban J connectivity index is 2.24. The molecule has 0 amide bonds. The normalized spacial score (nSPS) is 20.3. The van der Waals surface area contributed by atoms with Crippen LogP contribution in [0.3, 0.4) is 0 Å². The number of rotatable bonds is 5. The van der Waals surface area contributed by atoms with E-state index in [0.717, 1.165) is 11.2 Å². The zero-order chi connectivity index (χ0) is 16.4. The Morgan fingerprint density at radius 1 is 1.23 bits per heavy atom. The maximum Gasteiger partial charge on any atom is 0.491 e. The highest BCUT2D eigenvalue weighted by atomic mass is 16.7. The van der Waals surface area contributed by atoms with Gasteiger partial charge < -0.3 is 19.4 Å². The van der Waals surface area contributed by atoms with Crippen LogP contribution in [0.1, 0.15) is 33.4 Å². The van der Waals surface area contributed by atoms with Gasteiger partial charge in [0.05, 0.1) is 24.0 Å². The van der Waals surface area contributed by atoms with E-state index < -0.39 is 7.12 Å². The second-order valence-corrected chi connectivity index (χ2v) is 6.34. The Morgan fingerprint density at radius 2 is 1.86 bits per heavy atom. The van der Waals surface area contributed by atoms with Crippen molar-refractivity contribution in [3.63, 3.8) is 0 Å². The van der Waals surface area contributed by atoms with Crippen LogP contribution in [0.25, 0.3) is 6.08 Å². The third kappa shape index (κ3) is 3.48. The predicted molar refractivity (Wildman–Crippen MR) is 86.6 cm³/mol. The Kier molecular flexibility index (Phi) is 4.89. The summed E-state index contributed by atoms with van der Waals surface area (Å²) in [4.78, 5) is 0. The van der Waals surface area contributed by atoms with Crippen molar-refractivity contribution in [1.82, 2.24) is 15.5 Å². The van der Waals surface area contributed by atoms with Gasteiger partial charge in [0, 0.05) is 12.6 Å². The molecular formula is C15H24BN3O3. The molecule has 22 heavy (non-hydrogen) atoms. The molecule has 1 aliphatic heterocycles. The largest absolute Gasteiger partial charge is 0.491 e. The van der Waals surface area contributed by atoms with Gasteiger partial charge in [0.1, 0.15) is 0 Å². The number of methoxy groups -OCH3 is 1. The van der Waals surface area contributed by atoms with E-state index in [4.69, 9.17) is 14.0 Å². The fourth-order valence-corrected chi connectivity index (χ4v) is 2.11. The van der Waals surface area contributed by atoms with Gasteiger partial charge in [0.2, 0.25) is 5.88 Å². The van der Waals surface area contributed by atoms with Gasteiger partial charge in [0.15, 0.2) is 0 Å². The third-order valence-electron chi connectivity index (χ3n) is 4.14. The van der Waals surface area contributed by atoms with Crippen molar-refractivity contribution in [1.29, 1.82) is 0 Å². The van der Waals surface area contributed by atoms with Gasteiger partial charge in [-0.25, -0.2) is 0 Å². The minimum atomic E-state index is -0.402. The van der Waals surface area contributed by atoms with Crippen LogP contribution >= 0.6 is 0 Å². The summed E-state index contributed by atoms with van der Waals surface area (Å²) in [7, 11) is 3.05. The molecule has 0 radical (unpaired) electrons. The van der Waals surface area contributed by atoms with E-state index in [9.17, 15) is 0 Å². The molecular weight excluding hydrogens is 281 g/mol. The summed E-state index contributed by atoms with van der Waals surface area (Å²) in [5, 5.41) is 11.2. The van der Waals surface area contributed by atoms with E-state index in [1.807, 2.05) is 46.9 Å². The zero-order valence-electron chi connectivity index (χ0n) is 14.1. The fraction of sp³-hybridized carbons (Fsp3) is 0.600. The highest BCUT2D eigenvalue weighted by molar-refractivity contribution is 6.55. The summed E-state index contributed by atoms with van der Waals surface area (Å²) < 4.78 is 17.2. The van der Waals surface area contributed by atoms with Crippen LogP contribution in [0.4, 0.5) is 0 Å². The molecule has 1 saturated heterocycles. The van der Waals surface area contributed by atoms with Crippen molar-refractivity contribution >= 4 is 13.2 Å². The molecule has 0 unspecified atom stereocenters. The van der Waals surface area contributed by atoms with Crippen LogP contribution in [-0.4, -0.2) is 49.2 Å². The Morgan fingerprint density at radius 3 is 2.32 bits per heavy atom. The van der Waals surface area contributed by atoms with Crippen LogP contribution in [-0.2, 0) is 9.31 Å². The van der Waals surface area contributed by atoms with Gasteiger partial charge in [0.25, 0.3) is 0 Å². The molecule has 0 atom stereocenters. The van der Waals surface area contributed by atoms with Gasteiger partial charge in [-0.1, -0.05) is 0 Å². The molecule has 2 heterocycles. The number of nitrogens with one attached hydrogen (secondary N) is 1. The Labute approximate surface area is 132 Å². The zero-order valence-corrected chi connectivity index (χ0v) is 14.1. The summed E-state index contributed by atoms with van der Waals surface area (Å²) in [6.07, 6.45) is 1.94. The van der Waals surface area contributed by atoms with Gasteiger partial charge in [-0.2, -0.15) is 0 Å². The van der Waals surface area contributed by atoms with Crippen molar-refractivity contribution in [2.75, 3.05) is 20.7 Å². The first-order valence-corrected chi connectivity index (χ1v) is 7.37. The predicted octanol–water partition coefficient (Wildman–Crippen LogP) is 1.72. The number of nitrogens with zero attached hydrogens (tertiary/aromatic N) is 2. The Hall–Kier alpha value is -1.44. The SMILES string of the molecule is CNCC(=Cc1ccc(OC)nn1)B1OC(C)(C)C(C)(C)O1. The molecule has 2 rings (SSSR count). The van der Waals surface area contributed by atoms with E-state index >= 15 is 0 Å². The van der Waals surface area contributed by atoms with Crippen molar-refractivity contribution in [3.8, 4) is 5.88 Å². The lowest BCUT2D eigenvalue weighted by Crippen LogP contribution is -2.41. The average molecular weight is 305 g/mol. The molecule has 1 aliphatic rings. The lowest BCUT2D eigenvalue weighted by molar-refractivity contribution is 0.00578. The first-order chi connectivity index (χ1) is 10.3. The quantitative estimate of drug-likeness (QED) is 0.836. The topological polar surface area (TPSA) is 65.5 Å². The molecule has 1 fully saturated rings. The van der Waals surface area contributed by atoms with Crippen molar-refractivity contribution in [3.05, 3.63) is 23.3 Å². The molecule has 1 aromatic rings. The van der Waals surface area contributed by atoms with E-state index in [2.05, 4.69) is 15.5 Å². The lowest BCUT2D eigenvalue weighted by atomic mass is 9.77. The lowest BCUT2D eigenvalue weighted by Gasteiger charge is -2.32. The number of hydrogen-bond donors (Lipinski definition) is 1. The molecule has 0 aromatic carbocycles. The monoisotopic (exact) mass is 305 g/mol. The third-order valence-corrected chi connectivity index (χ3v) is 4.14. The molecule has 0 spiro atoms. The standard InChI is InChI=1S/C15H24BN3O3/c1-14(2)15(3,4)22-16(21-14)11(10-17-5)9-12-7-8-13(20-6)19-18-12/h7-9,17H,10H2,1-6H3. The summed E-state index contributed by atoms with van der Waals surface area (Å²) in [6, 6.07) is 3.63. The van der Waals surface area contributed by atoms with Gasteiger partial charge >= 0.3 is 7.12 Å². The number of aromatic nitrogens is 2. The Bertz CT molecular complexity index is 527. The summed E-state index contributed by atoms with van der Waals surface area (Å²) in [5.74, 6) is 0.489. The number of likely N-dealkylation sites (N-methyl/N-ethyl adjacent to an activating group) is 1. The molecule has 1 aromatic heterocycles. The second-order valence-electron chi connectivity index (χ2n) is 6.34. The van der Waals surface area contributed by atoms with E-state index in [1.54, 1.807) is 13.2 Å². The minimum absolute atomic E-state index is 0.365. The number of hydrogen-bond acceptors (Lipinski definition) is 6.